The molecule has 0 fully saturated rings. The molecule has 15 heteroatoms. The van der Waals surface area contributed by atoms with Gasteiger partial charge in [-0.3, -0.25) is 14.4 Å². The number of carbonyl (C=O) groups is 4. The molecule has 0 aliphatic carbocycles. The van der Waals surface area contributed by atoms with Crippen LogP contribution < -0.4 is 10.6 Å². The predicted octanol–water partition coefficient (Wildman–Crippen LogP) is 7.24. The number of unbranched alkanes of at least 4 members (excludes halogenated alkanes) is 15. The Labute approximate surface area is 375 Å². The highest BCUT2D eigenvalue weighted by molar-refractivity contribution is 5.84. The van der Waals surface area contributed by atoms with Crippen LogP contribution in [0, 0.1) is 5.92 Å². The summed E-state index contributed by atoms with van der Waals surface area (Å²) < 4.78 is 43.5. The Balaban J connectivity index is 3.48. The van der Waals surface area contributed by atoms with Crippen LogP contribution in [0.2, 0.25) is 0 Å². The summed E-state index contributed by atoms with van der Waals surface area (Å²) in [4.78, 5) is 47.1. The first-order valence-electron chi connectivity index (χ1n) is 24.1. The first-order valence-corrected chi connectivity index (χ1v) is 24.1. The van der Waals surface area contributed by atoms with Gasteiger partial charge in [-0.05, 0) is 25.7 Å². The first-order chi connectivity index (χ1) is 30.2. The molecule has 0 aromatic heterocycles. The van der Waals surface area contributed by atoms with Crippen molar-refractivity contribution in [2.45, 2.75) is 162 Å². The molecule has 3 N–H and O–H groups in total. The summed E-state index contributed by atoms with van der Waals surface area (Å²) in [5, 5.41) is 14.8. The summed E-state index contributed by atoms with van der Waals surface area (Å²) in [6, 6.07) is -1.09. The number of Topliss-reactive ketones (excluding diaryl/α,β-unsaturated/α-hetero) is 1. The quantitative estimate of drug-likeness (QED) is 0.0520. The van der Waals surface area contributed by atoms with Gasteiger partial charge in [0.1, 0.15) is 11.8 Å². The molecule has 2 amide bonds. The normalized spacial score (nSPS) is 11.9. The molecule has 0 aliphatic rings. The van der Waals surface area contributed by atoms with E-state index < -0.39 is 12.0 Å². The minimum atomic E-state index is -1.14. The standard InChI is InChI=1S/C47H90N2O13/c1-42(2)20-18-16-14-12-10-8-6-4-5-7-9-11-13-15-17-19-21-46(52)49-44(47(53)54)22-23-45(51)48-25-27-56-29-31-58-33-35-60-37-39-62-41-40-61-38-36-59-34-32-57-30-28-55-26-24-43(3)50/h42,44H,4-41H2,1-3H3,(H,48,51)(H,49,52)(H,53,54). The average molecular weight is 891 g/mol. The van der Waals surface area contributed by atoms with Gasteiger partial charge in [-0.15, -0.1) is 0 Å². The van der Waals surface area contributed by atoms with Crippen LogP contribution in [0.1, 0.15) is 156 Å². The van der Waals surface area contributed by atoms with Gasteiger partial charge in [0.05, 0.1) is 106 Å². The second-order valence-electron chi connectivity index (χ2n) is 16.3. The van der Waals surface area contributed by atoms with E-state index in [9.17, 15) is 24.3 Å². The van der Waals surface area contributed by atoms with E-state index >= 15 is 0 Å². The summed E-state index contributed by atoms with van der Waals surface area (Å²) in [7, 11) is 0. The number of rotatable bonds is 51. The molecule has 1 atom stereocenters. The van der Waals surface area contributed by atoms with E-state index in [2.05, 4.69) is 24.5 Å². The zero-order valence-electron chi connectivity index (χ0n) is 39.4. The monoisotopic (exact) mass is 891 g/mol. The number of carboxylic acid groups (broad SMARTS) is 1. The molecule has 0 saturated heterocycles. The maximum Gasteiger partial charge on any atom is 0.326 e. The highest BCUT2D eigenvalue weighted by Gasteiger charge is 2.20. The molecule has 0 bridgehead atoms. The molecule has 0 rings (SSSR count). The van der Waals surface area contributed by atoms with Crippen molar-refractivity contribution in [2.75, 3.05) is 112 Å². The maximum absolute atomic E-state index is 12.4. The minimum absolute atomic E-state index is 0.00542. The van der Waals surface area contributed by atoms with Crippen molar-refractivity contribution in [2.24, 2.45) is 5.92 Å². The van der Waals surface area contributed by atoms with E-state index in [1.807, 2.05) is 0 Å². The van der Waals surface area contributed by atoms with E-state index in [0.717, 1.165) is 25.2 Å². The molecule has 0 aromatic rings. The number of nitrogens with one attached hydrogen (secondary N) is 2. The third-order valence-electron chi connectivity index (χ3n) is 10.00. The molecule has 0 aliphatic heterocycles. The van der Waals surface area contributed by atoms with Gasteiger partial charge in [0.2, 0.25) is 11.8 Å². The van der Waals surface area contributed by atoms with Crippen LogP contribution >= 0.6 is 0 Å². The molecule has 1 unspecified atom stereocenters. The second kappa shape index (κ2) is 48.2. The molecule has 0 aromatic carbocycles. The summed E-state index contributed by atoms with van der Waals surface area (Å²) in [5.41, 5.74) is 0. The molecular weight excluding hydrogens is 801 g/mol. The topological polar surface area (TPSA) is 186 Å². The van der Waals surface area contributed by atoms with Crippen molar-refractivity contribution in [3.8, 4) is 0 Å². The van der Waals surface area contributed by atoms with Gasteiger partial charge in [0, 0.05) is 25.8 Å². The average Bonchev–Trinajstić information content (AvgIpc) is 3.24. The number of hydrogen-bond donors (Lipinski definition) is 3. The number of ether oxygens (including phenoxy) is 8. The molecule has 0 heterocycles. The molecule has 0 spiro atoms. The fourth-order valence-corrected chi connectivity index (χ4v) is 6.32. The lowest BCUT2D eigenvalue weighted by atomic mass is 10.0. The van der Waals surface area contributed by atoms with Crippen LogP contribution in [0.25, 0.3) is 0 Å². The number of amides is 2. The Morgan fingerprint density at radius 2 is 0.742 bits per heavy atom. The lowest BCUT2D eigenvalue weighted by Crippen LogP contribution is -2.41. The highest BCUT2D eigenvalue weighted by atomic mass is 16.6. The second-order valence-corrected chi connectivity index (χ2v) is 16.3. The minimum Gasteiger partial charge on any atom is -0.480 e. The number of aliphatic carboxylic acids is 1. The fraction of sp³-hybridized carbons (Fsp3) is 0.915. The smallest absolute Gasteiger partial charge is 0.326 e. The Bertz CT molecular complexity index is 1020. The van der Waals surface area contributed by atoms with Gasteiger partial charge in [0.25, 0.3) is 0 Å². The molecule has 0 saturated carbocycles. The van der Waals surface area contributed by atoms with Gasteiger partial charge in [0.15, 0.2) is 0 Å². The van der Waals surface area contributed by atoms with Crippen molar-refractivity contribution >= 4 is 23.6 Å². The van der Waals surface area contributed by atoms with Crippen molar-refractivity contribution in [3.05, 3.63) is 0 Å². The van der Waals surface area contributed by atoms with E-state index in [0.29, 0.717) is 125 Å². The third-order valence-corrected chi connectivity index (χ3v) is 10.00. The van der Waals surface area contributed by atoms with Crippen molar-refractivity contribution in [1.82, 2.24) is 10.6 Å². The maximum atomic E-state index is 12.4. The number of ketones is 1. The van der Waals surface area contributed by atoms with Gasteiger partial charge < -0.3 is 53.6 Å². The lowest BCUT2D eigenvalue weighted by Gasteiger charge is -2.14. The first kappa shape index (κ1) is 59.8. The van der Waals surface area contributed by atoms with Crippen molar-refractivity contribution in [1.29, 1.82) is 0 Å². The van der Waals surface area contributed by atoms with Crippen LogP contribution in [-0.4, -0.2) is 147 Å². The van der Waals surface area contributed by atoms with Crippen LogP contribution in [0.15, 0.2) is 0 Å². The van der Waals surface area contributed by atoms with E-state index in [1.165, 1.54) is 89.9 Å². The van der Waals surface area contributed by atoms with Gasteiger partial charge in [-0.2, -0.15) is 0 Å². The highest BCUT2D eigenvalue weighted by Crippen LogP contribution is 2.15. The van der Waals surface area contributed by atoms with E-state index in [4.69, 9.17) is 37.9 Å². The van der Waals surface area contributed by atoms with Crippen LogP contribution in [0.4, 0.5) is 0 Å². The molecule has 366 valence electrons. The van der Waals surface area contributed by atoms with Crippen molar-refractivity contribution in [3.63, 3.8) is 0 Å². The number of hydrogen-bond acceptors (Lipinski definition) is 12. The van der Waals surface area contributed by atoms with Gasteiger partial charge in [-0.1, -0.05) is 117 Å². The summed E-state index contributed by atoms with van der Waals surface area (Å²) >= 11 is 0. The summed E-state index contributed by atoms with van der Waals surface area (Å²) in [6.45, 7) is 13.4. The number of carboxylic acids is 1. The zero-order valence-corrected chi connectivity index (χ0v) is 39.4. The Hall–Kier alpha value is -2.24. The van der Waals surface area contributed by atoms with E-state index in [1.54, 1.807) is 6.92 Å². The Morgan fingerprint density at radius 1 is 0.403 bits per heavy atom. The fourth-order valence-electron chi connectivity index (χ4n) is 6.32. The predicted molar refractivity (Wildman–Crippen MR) is 242 cm³/mol. The SMILES string of the molecule is CC(=O)CCOCCOCCOCCOCCOCCOCCOCCOCCNC(=O)CCC(NC(=O)CCCCCCCCCCCCCCCCCCC(C)C)C(=O)O. The van der Waals surface area contributed by atoms with Crippen molar-refractivity contribution < 1.29 is 62.2 Å². The molecule has 0 radical (unpaired) electrons. The molecular formula is C47H90N2O13. The van der Waals surface area contributed by atoms with Crippen LogP contribution in [0.3, 0.4) is 0 Å². The lowest BCUT2D eigenvalue weighted by molar-refractivity contribution is -0.142. The van der Waals surface area contributed by atoms with Gasteiger partial charge >= 0.3 is 5.97 Å². The summed E-state index contributed by atoms with van der Waals surface area (Å²) in [6.07, 6.45) is 22.4. The Morgan fingerprint density at radius 3 is 1.10 bits per heavy atom. The Kier molecular flexibility index (Phi) is 46.5. The largest absolute Gasteiger partial charge is 0.480 e. The van der Waals surface area contributed by atoms with E-state index in [-0.39, 0.29) is 30.4 Å². The third kappa shape index (κ3) is 48.8. The zero-order chi connectivity index (χ0) is 45.4. The molecule has 62 heavy (non-hydrogen) atoms. The van der Waals surface area contributed by atoms with Gasteiger partial charge in [-0.25, -0.2) is 4.79 Å². The summed E-state index contributed by atoms with van der Waals surface area (Å²) in [5.74, 6) is -0.753. The van der Waals surface area contributed by atoms with Crippen LogP contribution in [0.5, 0.6) is 0 Å². The molecule has 15 nitrogen and oxygen atoms in total. The van der Waals surface area contributed by atoms with Crippen LogP contribution in [-0.2, 0) is 57.1 Å². The number of carbonyl (C=O) groups excluding carboxylic acids is 3.